The largest absolute Gasteiger partial charge is 0.395 e. The number of nitrogen functional groups attached to an aromatic ring is 1. The molecule has 0 amide bonds. The van der Waals surface area contributed by atoms with Gasteiger partial charge in [0.2, 0.25) is 5.95 Å². The topological polar surface area (TPSA) is 132 Å². The molecule has 1 saturated carbocycles. The van der Waals surface area contributed by atoms with Crippen molar-refractivity contribution in [3.63, 3.8) is 0 Å². The Bertz CT molecular complexity index is 1310. The predicted octanol–water partition coefficient (Wildman–Crippen LogP) is 1.97. The maximum atomic E-state index is 9.59. The van der Waals surface area contributed by atoms with E-state index in [0.29, 0.717) is 42.1 Å². The number of hydrogen-bond donors (Lipinski definition) is 3. The molecular weight excluding hydrogens is 458 g/mol. The summed E-state index contributed by atoms with van der Waals surface area (Å²) in [7, 11) is 1.77. The molecule has 0 radical (unpaired) electrons. The van der Waals surface area contributed by atoms with Crippen molar-refractivity contribution >= 4 is 28.4 Å². The number of fused-ring (bicyclic) bond motifs is 2. The highest BCUT2D eigenvalue weighted by atomic mass is 16.5. The van der Waals surface area contributed by atoms with Gasteiger partial charge in [0, 0.05) is 56.4 Å². The predicted molar refractivity (Wildman–Crippen MR) is 139 cm³/mol. The third-order valence-corrected chi connectivity index (χ3v) is 6.91. The van der Waals surface area contributed by atoms with Crippen molar-refractivity contribution in [1.82, 2.24) is 34.4 Å². The normalized spacial score (nSPS) is 17.6. The van der Waals surface area contributed by atoms with E-state index >= 15 is 0 Å². The molecule has 4 N–H and O–H groups in total. The van der Waals surface area contributed by atoms with Gasteiger partial charge < -0.3 is 30.2 Å². The van der Waals surface area contributed by atoms with E-state index in [1.54, 1.807) is 7.11 Å². The number of nitrogens with two attached hydrogens (primary N) is 1. The van der Waals surface area contributed by atoms with Gasteiger partial charge >= 0.3 is 0 Å². The minimum absolute atomic E-state index is 0.0304. The average molecular weight is 494 g/mol. The van der Waals surface area contributed by atoms with Crippen LogP contribution in [0, 0.1) is 0 Å². The van der Waals surface area contributed by atoms with E-state index in [0.717, 1.165) is 55.7 Å². The molecule has 4 aromatic heterocycles. The summed E-state index contributed by atoms with van der Waals surface area (Å²) in [5.41, 5.74) is 10.5. The van der Waals surface area contributed by atoms with Crippen LogP contribution < -0.4 is 16.0 Å². The van der Waals surface area contributed by atoms with E-state index < -0.39 is 0 Å². The lowest BCUT2D eigenvalue weighted by atomic mass is 9.89. The summed E-state index contributed by atoms with van der Waals surface area (Å²) in [6.45, 7) is 4.72. The first-order chi connectivity index (χ1) is 17.6. The summed E-state index contributed by atoms with van der Waals surface area (Å²) in [5.74, 6) is 0.866. The van der Waals surface area contributed by atoms with Crippen LogP contribution in [0.5, 0.6) is 0 Å². The molecule has 4 heterocycles. The molecule has 0 spiro atoms. The van der Waals surface area contributed by atoms with Gasteiger partial charge in [-0.05, 0) is 25.3 Å². The molecule has 1 aliphatic rings. The fraction of sp³-hybridized carbons (Fsp3) is 0.520. The van der Waals surface area contributed by atoms with E-state index in [9.17, 15) is 5.11 Å². The zero-order valence-electron chi connectivity index (χ0n) is 21.0. The summed E-state index contributed by atoms with van der Waals surface area (Å²) in [4.78, 5) is 15.5. The van der Waals surface area contributed by atoms with Crippen molar-refractivity contribution in [2.75, 3.05) is 37.4 Å². The highest BCUT2D eigenvalue weighted by Gasteiger charge is 2.28. The summed E-state index contributed by atoms with van der Waals surface area (Å²) in [6.07, 6.45) is 10.2. The smallest absolute Gasteiger partial charge is 0.222 e. The molecule has 0 aromatic carbocycles. The molecule has 0 bridgehead atoms. The Balaban J connectivity index is 1.38. The number of nitrogens with one attached hydrogen (secondary N) is 1. The number of hydrogen-bond acceptors (Lipinski definition) is 9. The van der Waals surface area contributed by atoms with Crippen LogP contribution in [-0.4, -0.2) is 73.2 Å². The number of nitrogens with zero attached hydrogens (tertiary/aromatic N) is 7. The Hall–Kier alpha value is -3.28. The SMILES string of the molecule is CCCCN(CCO)c1nc(N)nc2cn(Cc3ccc(CNC4CC(OC)C4)n4ccnc34)nc12. The molecule has 5 rings (SSSR count). The number of unbranched alkanes of at least 4 members (excludes halogenated alkanes) is 1. The van der Waals surface area contributed by atoms with Crippen molar-refractivity contribution < 1.29 is 9.84 Å². The summed E-state index contributed by atoms with van der Waals surface area (Å²) in [5, 5.41) is 18.0. The molecule has 0 saturated heterocycles. The molecule has 4 aromatic rings. The van der Waals surface area contributed by atoms with Crippen LogP contribution in [0.25, 0.3) is 16.7 Å². The standard InChI is InChI=1S/C25H35N9O2/c1-3-4-8-32(10-11-35)24-22-21(29-25(26)30-24)16-33(31-22)15-17-5-6-19(34-9-7-27-23(17)34)14-28-18-12-20(13-18)36-2/h5-7,9,16,18,20,28,35H,3-4,8,10-15H2,1-2H3,(H2,26,29). The number of imidazole rings is 1. The second-order valence-electron chi connectivity index (χ2n) is 9.41. The van der Waals surface area contributed by atoms with Crippen LogP contribution in [-0.2, 0) is 17.8 Å². The van der Waals surface area contributed by atoms with Crippen LogP contribution in [0.2, 0.25) is 0 Å². The van der Waals surface area contributed by atoms with Crippen molar-refractivity contribution in [2.45, 2.75) is 57.8 Å². The summed E-state index contributed by atoms with van der Waals surface area (Å²) in [6, 6.07) is 4.75. The quantitative estimate of drug-likeness (QED) is 0.271. The zero-order valence-corrected chi connectivity index (χ0v) is 21.0. The van der Waals surface area contributed by atoms with Gasteiger partial charge in [-0.2, -0.15) is 10.1 Å². The number of methoxy groups -OCH3 is 1. The lowest BCUT2D eigenvalue weighted by molar-refractivity contribution is 0.0169. The molecule has 11 heteroatoms. The first-order valence-electron chi connectivity index (χ1n) is 12.7. The second-order valence-corrected chi connectivity index (χ2v) is 9.41. The number of aliphatic hydroxyl groups is 1. The molecule has 0 aliphatic heterocycles. The van der Waals surface area contributed by atoms with E-state index in [1.165, 1.54) is 0 Å². The Morgan fingerprint density at radius 1 is 1.25 bits per heavy atom. The van der Waals surface area contributed by atoms with Gasteiger partial charge in [-0.3, -0.25) is 4.68 Å². The van der Waals surface area contributed by atoms with Crippen molar-refractivity contribution in [3.8, 4) is 0 Å². The third-order valence-electron chi connectivity index (χ3n) is 6.91. The van der Waals surface area contributed by atoms with Crippen LogP contribution in [0.4, 0.5) is 11.8 Å². The third kappa shape index (κ3) is 4.99. The number of anilines is 2. The van der Waals surface area contributed by atoms with Gasteiger partial charge in [-0.15, -0.1) is 0 Å². The van der Waals surface area contributed by atoms with E-state index in [4.69, 9.17) is 15.6 Å². The first-order valence-corrected chi connectivity index (χ1v) is 12.7. The highest BCUT2D eigenvalue weighted by Crippen LogP contribution is 2.25. The lowest BCUT2D eigenvalue weighted by Gasteiger charge is -2.34. The molecule has 1 aliphatic carbocycles. The summed E-state index contributed by atoms with van der Waals surface area (Å²) < 4.78 is 9.38. The molecule has 0 unspecified atom stereocenters. The fourth-order valence-electron chi connectivity index (χ4n) is 4.80. The van der Waals surface area contributed by atoms with Gasteiger partial charge in [0.05, 0.1) is 25.5 Å². The molecule has 192 valence electrons. The molecule has 36 heavy (non-hydrogen) atoms. The minimum atomic E-state index is 0.0304. The number of aromatic nitrogens is 6. The van der Waals surface area contributed by atoms with E-state index in [-0.39, 0.29) is 12.6 Å². The fourth-order valence-corrected chi connectivity index (χ4v) is 4.80. The molecule has 11 nitrogen and oxygen atoms in total. The van der Waals surface area contributed by atoms with Crippen LogP contribution in [0.1, 0.15) is 43.9 Å². The first kappa shape index (κ1) is 24.4. The van der Waals surface area contributed by atoms with Crippen molar-refractivity contribution in [1.29, 1.82) is 0 Å². The van der Waals surface area contributed by atoms with Crippen molar-refractivity contribution in [2.24, 2.45) is 0 Å². The molecule has 1 fully saturated rings. The second kappa shape index (κ2) is 10.8. The Morgan fingerprint density at radius 3 is 2.89 bits per heavy atom. The molecule has 0 atom stereocenters. The number of ether oxygens (including phenoxy) is 1. The molecular formula is C25H35N9O2. The van der Waals surface area contributed by atoms with Gasteiger partial charge in [0.25, 0.3) is 0 Å². The Morgan fingerprint density at radius 2 is 2.11 bits per heavy atom. The summed E-state index contributed by atoms with van der Waals surface area (Å²) >= 11 is 0. The monoisotopic (exact) mass is 493 g/mol. The number of pyridine rings is 1. The van der Waals surface area contributed by atoms with Crippen LogP contribution >= 0.6 is 0 Å². The van der Waals surface area contributed by atoms with E-state index in [1.807, 2.05) is 28.2 Å². The number of aliphatic hydroxyl groups excluding tert-OH is 1. The Labute approximate surface area is 210 Å². The Kier molecular flexibility index (Phi) is 7.30. The maximum absolute atomic E-state index is 9.59. The van der Waals surface area contributed by atoms with Gasteiger partial charge in [-0.1, -0.05) is 19.4 Å². The van der Waals surface area contributed by atoms with Gasteiger partial charge in [0.15, 0.2) is 11.3 Å². The number of rotatable bonds is 12. The van der Waals surface area contributed by atoms with Crippen molar-refractivity contribution in [3.05, 3.63) is 42.0 Å². The van der Waals surface area contributed by atoms with Crippen LogP contribution in [0.3, 0.4) is 0 Å². The zero-order chi connectivity index (χ0) is 25.1. The van der Waals surface area contributed by atoms with Gasteiger partial charge in [0.1, 0.15) is 11.2 Å². The average Bonchev–Trinajstić information content (AvgIpc) is 3.49. The highest BCUT2D eigenvalue weighted by molar-refractivity contribution is 5.86. The van der Waals surface area contributed by atoms with Gasteiger partial charge in [-0.25, -0.2) is 9.97 Å². The maximum Gasteiger partial charge on any atom is 0.222 e. The lowest BCUT2D eigenvalue weighted by Crippen LogP contribution is -2.44. The van der Waals surface area contributed by atoms with E-state index in [2.05, 4.69) is 43.7 Å². The minimum Gasteiger partial charge on any atom is -0.395 e. The van der Waals surface area contributed by atoms with Crippen LogP contribution in [0.15, 0.2) is 30.7 Å².